The van der Waals surface area contributed by atoms with Crippen LogP contribution in [0.4, 0.5) is 0 Å². The van der Waals surface area contributed by atoms with E-state index < -0.39 is 6.10 Å². The van der Waals surface area contributed by atoms with Gasteiger partial charge in [0.1, 0.15) is 0 Å². The summed E-state index contributed by atoms with van der Waals surface area (Å²) in [4.78, 5) is 10.5. The fourth-order valence-corrected chi connectivity index (χ4v) is 2.37. The molecule has 2 heterocycles. The molecule has 4 nitrogen and oxygen atoms in total. The third-order valence-corrected chi connectivity index (χ3v) is 3.48. The first-order chi connectivity index (χ1) is 10.3. The van der Waals surface area contributed by atoms with E-state index in [2.05, 4.69) is 27.9 Å². The zero-order valence-electron chi connectivity index (χ0n) is 12.9. The van der Waals surface area contributed by atoms with Gasteiger partial charge in [0.25, 0.3) is 0 Å². The van der Waals surface area contributed by atoms with Gasteiger partial charge in [0.2, 0.25) is 0 Å². The highest BCUT2D eigenvalue weighted by molar-refractivity contribution is 8.93. The van der Waals surface area contributed by atoms with Crippen LogP contribution in [-0.4, -0.2) is 39.6 Å². The number of pyridine rings is 2. The molecule has 0 saturated carbocycles. The predicted molar refractivity (Wildman–Crippen MR) is 94.2 cm³/mol. The lowest BCUT2D eigenvalue weighted by Gasteiger charge is -2.24. The monoisotopic (exact) mass is 365 g/mol. The first kappa shape index (κ1) is 18.7. The fourth-order valence-electron chi connectivity index (χ4n) is 2.37. The topological polar surface area (TPSA) is 49.2 Å². The Balaban J connectivity index is 0.00000242. The SMILES string of the molecule is Br.CCCN(CCc1cccnc1)CC(O)c1cccnc1. The van der Waals surface area contributed by atoms with Crippen molar-refractivity contribution in [1.29, 1.82) is 0 Å². The predicted octanol–water partition coefficient (Wildman–Crippen LogP) is 3.04. The summed E-state index contributed by atoms with van der Waals surface area (Å²) in [6, 6.07) is 7.83. The van der Waals surface area contributed by atoms with E-state index in [0.29, 0.717) is 6.54 Å². The Hall–Kier alpha value is -1.30. The minimum atomic E-state index is -0.487. The van der Waals surface area contributed by atoms with Gasteiger partial charge in [-0.2, -0.15) is 0 Å². The molecule has 120 valence electrons. The van der Waals surface area contributed by atoms with E-state index in [0.717, 1.165) is 31.5 Å². The van der Waals surface area contributed by atoms with Crippen LogP contribution in [0.5, 0.6) is 0 Å². The van der Waals surface area contributed by atoms with Crippen LogP contribution >= 0.6 is 17.0 Å². The Labute approximate surface area is 143 Å². The average Bonchev–Trinajstić information content (AvgIpc) is 2.54. The second-order valence-electron chi connectivity index (χ2n) is 5.21. The van der Waals surface area contributed by atoms with Crippen LogP contribution in [0.1, 0.15) is 30.6 Å². The quantitative estimate of drug-likeness (QED) is 0.780. The highest BCUT2D eigenvalue weighted by Crippen LogP contribution is 2.13. The van der Waals surface area contributed by atoms with E-state index in [1.165, 1.54) is 5.56 Å². The lowest BCUT2D eigenvalue weighted by molar-refractivity contribution is 0.113. The van der Waals surface area contributed by atoms with Crippen molar-refractivity contribution in [3.63, 3.8) is 0 Å². The summed E-state index contributed by atoms with van der Waals surface area (Å²) >= 11 is 0. The number of aliphatic hydroxyl groups excluding tert-OH is 1. The van der Waals surface area contributed by atoms with Crippen LogP contribution in [0.2, 0.25) is 0 Å². The first-order valence-electron chi connectivity index (χ1n) is 7.49. The number of aliphatic hydroxyl groups is 1. The minimum absolute atomic E-state index is 0. The second kappa shape index (κ2) is 10.4. The fraction of sp³-hybridized carbons (Fsp3) is 0.412. The highest BCUT2D eigenvalue weighted by Gasteiger charge is 2.13. The van der Waals surface area contributed by atoms with Gasteiger partial charge in [-0.25, -0.2) is 0 Å². The van der Waals surface area contributed by atoms with Crippen molar-refractivity contribution in [2.24, 2.45) is 0 Å². The summed E-state index contributed by atoms with van der Waals surface area (Å²) < 4.78 is 0. The maximum atomic E-state index is 10.3. The first-order valence-corrected chi connectivity index (χ1v) is 7.49. The van der Waals surface area contributed by atoms with Gasteiger partial charge in [-0.05, 0) is 37.1 Å². The van der Waals surface area contributed by atoms with E-state index in [-0.39, 0.29) is 17.0 Å². The molecule has 0 radical (unpaired) electrons. The number of rotatable bonds is 8. The zero-order valence-corrected chi connectivity index (χ0v) is 14.6. The van der Waals surface area contributed by atoms with Gasteiger partial charge in [0.15, 0.2) is 0 Å². The molecule has 0 saturated heterocycles. The zero-order chi connectivity index (χ0) is 14.9. The third kappa shape index (κ3) is 6.22. The molecule has 2 aromatic heterocycles. The van der Waals surface area contributed by atoms with Gasteiger partial charge in [-0.15, -0.1) is 17.0 Å². The molecule has 0 spiro atoms. The average molecular weight is 366 g/mol. The normalized spacial score (nSPS) is 12.0. The van der Waals surface area contributed by atoms with Crippen LogP contribution in [0.3, 0.4) is 0 Å². The van der Waals surface area contributed by atoms with Crippen molar-refractivity contribution in [1.82, 2.24) is 14.9 Å². The van der Waals surface area contributed by atoms with E-state index in [9.17, 15) is 5.11 Å². The lowest BCUT2D eigenvalue weighted by Crippen LogP contribution is -2.31. The molecular formula is C17H24BrN3O. The van der Waals surface area contributed by atoms with Gasteiger partial charge in [-0.1, -0.05) is 19.1 Å². The summed E-state index contributed by atoms with van der Waals surface area (Å²) in [6.07, 6.45) is 8.69. The van der Waals surface area contributed by atoms with Gasteiger partial charge >= 0.3 is 0 Å². The molecule has 0 aromatic carbocycles. The van der Waals surface area contributed by atoms with Gasteiger partial charge in [0.05, 0.1) is 6.10 Å². The Morgan fingerprint density at radius 1 is 1.09 bits per heavy atom. The van der Waals surface area contributed by atoms with Crippen molar-refractivity contribution < 1.29 is 5.11 Å². The van der Waals surface area contributed by atoms with E-state index in [4.69, 9.17) is 0 Å². The maximum absolute atomic E-state index is 10.3. The van der Waals surface area contributed by atoms with Crippen LogP contribution < -0.4 is 0 Å². The molecule has 1 N–H and O–H groups in total. The minimum Gasteiger partial charge on any atom is -0.387 e. The Morgan fingerprint density at radius 3 is 2.41 bits per heavy atom. The standard InChI is InChI=1S/C17H23N3O.BrH/c1-2-10-20(11-7-15-5-3-8-18-12-15)14-17(21)16-6-4-9-19-13-16;/h3-6,8-9,12-13,17,21H,2,7,10-11,14H2,1H3;1H. The summed E-state index contributed by atoms with van der Waals surface area (Å²) in [5.41, 5.74) is 2.11. The molecule has 0 bridgehead atoms. The van der Waals surface area contributed by atoms with Crippen LogP contribution in [0, 0.1) is 0 Å². The van der Waals surface area contributed by atoms with Crippen molar-refractivity contribution in [2.75, 3.05) is 19.6 Å². The summed E-state index contributed by atoms with van der Waals surface area (Å²) in [5, 5.41) is 10.3. The lowest BCUT2D eigenvalue weighted by atomic mass is 10.1. The van der Waals surface area contributed by atoms with Crippen molar-refractivity contribution in [3.8, 4) is 0 Å². The molecule has 5 heteroatoms. The van der Waals surface area contributed by atoms with Crippen LogP contribution in [0.25, 0.3) is 0 Å². The number of hydrogen-bond acceptors (Lipinski definition) is 4. The molecule has 0 fully saturated rings. The molecule has 2 aromatic rings. The Bertz CT molecular complexity index is 510. The van der Waals surface area contributed by atoms with Gasteiger partial charge < -0.3 is 10.0 Å². The molecule has 0 amide bonds. The molecule has 2 rings (SSSR count). The highest BCUT2D eigenvalue weighted by atomic mass is 79.9. The van der Waals surface area contributed by atoms with Crippen LogP contribution in [-0.2, 0) is 6.42 Å². The molecule has 1 unspecified atom stereocenters. The van der Waals surface area contributed by atoms with E-state index in [1.54, 1.807) is 18.6 Å². The van der Waals surface area contributed by atoms with Crippen molar-refractivity contribution in [2.45, 2.75) is 25.9 Å². The van der Waals surface area contributed by atoms with Crippen molar-refractivity contribution in [3.05, 3.63) is 60.2 Å². The number of hydrogen-bond donors (Lipinski definition) is 1. The molecular weight excluding hydrogens is 342 g/mol. The number of nitrogens with zero attached hydrogens (tertiary/aromatic N) is 3. The molecule has 0 aliphatic heterocycles. The van der Waals surface area contributed by atoms with E-state index in [1.807, 2.05) is 24.4 Å². The number of halogens is 1. The molecule has 0 aliphatic carbocycles. The largest absolute Gasteiger partial charge is 0.387 e. The van der Waals surface area contributed by atoms with Crippen molar-refractivity contribution >= 4 is 17.0 Å². The van der Waals surface area contributed by atoms with E-state index >= 15 is 0 Å². The summed E-state index contributed by atoms with van der Waals surface area (Å²) in [5.74, 6) is 0. The third-order valence-electron chi connectivity index (χ3n) is 3.48. The van der Waals surface area contributed by atoms with Gasteiger partial charge in [0, 0.05) is 43.4 Å². The smallest absolute Gasteiger partial charge is 0.0931 e. The Morgan fingerprint density at radius 2 is 1.82 bits per heavy atom. The summed E-state index contributed by atoms with van der Waals surface area (Å²) in [7, 11) is 0. The van der Waals surface area contributed by atoms with Gasteiger partial charge in [-0.3, -0.25) is 9.97 Å². The maximum Gasteiger partial charge on any atom is 0.0931 e. The molecule has 0 aliphatic rings. The number of aromatic nitrogens is 2. The van der Waals surface area contributed by atoms with Crippen LogP contribution in [0.15, 0.2) is 49.1 Å². The summed E-state index contributed by atoms with van der Waals surface area (Å²) in [6.45, 7) is 4.71. The Kier molecular flexibility index (Phi) is 8.89. The second-order valence-corrected chi connectivity index (χ2v) is 5.21. The molecule has 22 heavy (non-hydrogen) atoms. The molecule has 1 atom stereocenters.